The highest BCUT2D eigenvalue weighted by atomic mass is 79.9. The van der Waals surface area contributed by atoms with Crippen LogP contribution in [0.2, 0.25) is 0 Å². The Morgan fingerprint density at radius 2 is 2.10 bits per heavy atom. The van der Waals surface area contributed by atoms with Crippen LogP contribution in [-0.2, 0) is 5.33 Å². The smallest absolute Gasteiger partial charge is 0.273 e. The highest BCUT2D eigenvalue weighted by molar-refractivity contribution is 9.08. The van der Waals surface area contributed by atoms with E-state index in [1.165, 1.54) is 25.9 Å². The molecule has 0 bridgehead atoms. The normalized spacial score (nSPS) is 22.9. The monoisotopic (exact) mass is 353 g/mol. The minimum absolute atomic E-state index is 0.202. The maximum absolute atomic E-state index is 11.0. The van der Waals surface area contributed by atoms with Crippen molar-refractivity contribution in [2.75, 3.05) is 31.1 Å². The predicted molar refractivity (Wildman–Crippen MR) is 87.2 cm³/mol. The SMILES string of the molecule is O=[N+]([O-])c1ccc(N2CCCN3CCCC3C2)cc1CBr. The molecule has 6 heteroatoms. The predicted octanol–water partition coefficient (Wildman–Crippen LogP) is 3.16. The van der Waals surface area contributed by atoms with Crippen molar-refractivity contribution < 1.29 is 4.92 Å². The minimum atomic E-state index is -0.304. The van der Waals surface area contributed by atoms with Crippen LogP contribution in [0.25, 0.3) is 0 Å². The van der Waals surface area contributed by atoms with Crippen LogP contribution < -0.4 is 4.90 Å². The molecule has 2 saturated heterocycles. The van der Waals surface area contributed by atoms with Gasteiger partial charge in [0.25, 0.3) is 5.69 Å². The standard InChI is InChI=1S/C15H20BrN3O2/c16-10-12-9-13(4-5-15(12)19(20)21)18-8-2-7-17-6-1-3-14(17)11-18/h4-5,9,14H,1-3,6-8,10-11H2. The Labute approximate surface area is 133 Å². The van der Waals surface area contributed by atoms with E-state index < -0.39 is 0 Å². The molecule has 0 N–H and O–H groups in total. The van der Waals surface area contributed by atoms with Crippen LogP contribution in [0.1, 0.15) is 24.8 Å². The second kappa shape index (κ2) is 6.32. The summed E-state index contributed by atoms with van der Waals surface area (Å²) in [6.45, 7) is 4.48. The quantitative estimate of drug-likeness (QED) is 0.475. The summed E-state index contributed by atoms with van der Waals surface area (Å²) in [4.78, 5) is 15.7. The number of alkyl halides is 1. The molecule has 1 unspecified atom stereocenters. The summed E-state index contributed by atoms with van der Waals surface area (Å²) in [6, 6.07) is 6.16. The van der Waals surface area contributed by atoms with Gasteiger partial charge in [0, 0.05) is 48.3 Å². The topological polar surface area (TPSA) is 49.6 Å². The van der Waals surface area contributed by atoms with E-state index in [0.29, 0.717) is 11.4 Å². The lowest BCUT2D eigenvalue weighted by Gasteiger charge is -2.27. The first kappa shape index (κ1) is 14.8. The van der Waals surface area contributed by atoms with Crippen LogP contribution in [0.4, 0.5) is 11.4 Å². The molecule has 2 heterocycles. The van der Waals surface area contributed by atoms with Crippen molar-refractivity contribution in [1.82, 2.24) is 4.90 Å². The van der Waals surface area contributed by atoms with Gasteiger partial charge in [0.1, 0.15) is 0 Å². The van der Waals surface area contributed by atoms with Crippen molar-refractivity contribution in [3.8, 4) is 0 Å². The van der Waals surface area contributed by atoms with Gasteiger partial charge in [-0.25, -0.2) is 0 Å². The molecular weight excluding hydrogens is 334 g/mol. The maximum atomic E-state index is 11.0. The molecule has 2 fully saturated rings. The average molecular weight is 354 g/mol. The molecule has 0 amide bonds. The number of rotatable bonds is 3. The Morgan fingerprint density at radius 1 is 1.29 bits per heavy atom. The van der Waals surface area contributed by atoms with E-state index in [2.05, 4.69) is 25.7 Å². The number of halogens is 1. The van der Waals surface area contributed by atoms with Gasteiger partial charge in [-0.3, -0.25) is 15.0 Å². The zero-order chi connectivity index (χ0) is 14.8. The molecule has 1 atom stereocenters. The molecule has 0 radical (unpaired) electrons. The number of hydrogen-bond donors (Lipinski definition) is 0. The Bertz CT molecular complexity index is 538. The highest BCUT2D eigenvalue weighted by Gasteiger charge is 2.29. The fourth-order valence-corrected chi connectivity index (χ4v) is 3.94. The first-order chi connectivity index (χ1) is 10.2. The molecular formula is C15H20BrN3O2. The third-order valence-electron chi connectivity index (χ3n) is 4.57. The van der Waals surface area contributed by atoms with Crippen molar-refractivity contribution in [3.05, 3.63) is 33.9 Å². The summed E-state index contributed by atoms with van der Waals surface area (Å²) in [7, 11) is 0. The zero-order valence-corrected chi connectivity index (χ0v) is 13.6. The number of nitro benzene ring substituents is 1. The molecule has 0 saturated carbocycles. The maximum Gasteiger partial charge on any atom is 0.273 e. The van der Waals surface area contributed by atoms with Crippen LogP contribution in [0.5, 0.6) is 0 Å². The zero-order valence-electron chi connectivity index (χ0n) is 12.0. The summed E-state index contributed by atoms with van der Waals surface area (Å²) in [5.74, 6) is 0. The van der Waals surface area contributed by atoms with Gasteiger partial charge in [-0.05, 0) is 37.9 Å². The molecule has 0 aromatic heterocycles. The summed E-state index contributed by atoms with van der Waals surface area (Å²) in [5, 5.41) is 11.6. The summed E-state index contributed by atoms with van der Waals surface area (Å²) < 4.78 is 0. The van der Waals surface area contributed by atoms with E-state index in [0.717, 1.165) is 30.8 Å². The van der Waals surface area contributed by atoms with Gasteiger partial charge in [-0.15, -0.1) is 0 Å². The minimum Gasteiger partial charge on any atom is -0.370 e. The fourth-order valence-electron chi connectivity index (χ4n) is 3.49. The molecule has 5 nitrogen and oxygen atoms in total. The van der Waals surface area contributed by atoms with Crippen LogP contribution >= 0.6 is 15.9 Å². The van der Waals surface area contributed by atoms with Crippen molar-refractivity contribution in [2.24, 2.45) is 0 Å². The van der Waals surface area contributed by atoms with E-state index in [1.54, 1.807) is 6.07 Å². The third-order valence-corrected chi connectivity index (χ3v) is 5.18. The van der Waals surface area contributed by atoms with Crippen LogP contribution in [0, 0.1) is 10.1 Å². The van der Waals surface area contributed by atoms with E-state index in [-0.39, 0.29) is 10.6 Å². The number of benzene rings is 1. The lowest BCUT2D eigenvalue weighted by Crippen LogP contribution is -2.36. The van der Waals surface area contributed by atoms with Crippen molar-refractivity contribution in [1.29, 1.82) is 0 Å². The molecule has 2 aliphatic rings. The average Bonchev–Trinajstić information content (AvgIpc) is 2.83. The largest absolute Gasteiger partial charge is 0.370 e. The molecule has 3 rings (SSSR count). The van der Waals surface area contributed by atoms with Gasteiger partial charge in [-0.2, -0.15) is 0 Å². The Morgan fingerprint density at radius 3 is 2.86 bits per heavy atom. The highest BCUT2D eigenvalue weighted by Crippen LogP contribution is 2.29. The second-order valence-electron chi connectivity index (χ2n) is 5.84. The summed E-state index contributed by atoms with van der Waals surface area (Å²) >= 11 is 3.36. The Balaban J connectivity index is 1.84. The van der Waals surface area contributed by atoms with Crippen molar-refractivity contribution in [3.63, 3.8) is 0 Å². The summed E-state index contributed by atoms with van der Waals surface area (Å²) in [6.07, 6.45) is 3.73. The van der Waals surface area contributed by atoms with Gasteiger partial charge in [-0.1, -0.05) is 15.9 Å². The number of nitrogens with zero attached hydrogens (tertiary/aromatic N) is 3. The van der Waals surface area contributed by atoms with Crippen molar-refractivity contribution >= 4 is 27.3 Å². The van der Waals surface area contributed by atoms with Gasteiger partial charge >= 0.3 is 0 Å². The Kier molecular flexibility index (Phi) is 4.45. The van der Waals surface area contributed by atoms with Crippen LogP contribution in [0.3, 0.4) is 0 Å². The lowest BCUT2D eigenvalue weighted by atomic mass is 10.1. The van der Waals surface area contributed by atoms with Gasteiger partial charge in [0.15, 0.2) is 0 Å². The van der Waals surface area contributed by atoms with E-state index in [9.17, 15) is 10.1 Å². The van der Waals surface area contributed by atoms with Gasteiger partial charge < -0.3 is 4.90 Å². The lowest BCUT2D eigenvalue weighted by molar-refractivity contribution is -0.385. The van der Waals surface area contributed by atoms with E-state index in [1.807, 2.05) is 12.1 Å². The van der Waals surface area contributed by atoms with E-state index >= 15 is 0 Å². The molecule has 0 aliphatic carbocycles. The molecule has 2 aliphatic heterocycles. The fraction of sp³-hybridized carbons (Fsp3) is 0.600. The van der Waals surface area contributed by atoms with Crippen LogP contribution in [0.15, 0.2) is 18.2 Å². The van der Waals surface area contributed by atoms with Gasteiger partial charge in [0.05, 0.1) is 4.92 Å². The molecule has 0 spiro atoms. The number of nitro groups is 1. The number of anilines is 1. The molecule has 1 aromatic rings. The third kappa shape index (κ3) is 3.06. The molecule has 1 aromatic carbocycles. The Hall–Kier alpha value is -1.14. The number of fused-ring (bicyclic) bond motifs is 1. The second-order valence-corrected chi connectivity index (χ2v) is 6.40. The van der Waals surface area contributed by atoms with Gasteiger partial charge in [0.2, 0.25) is 0 Å². The first-order valence-corrected chi connectivity index (χ1v) is 8.63. The van der Waals surface area contributed by atoms with E-state index in [4.69, 9.17) is 0 Å². The summed E-state index contributed by atoms with van der Waals surface area (Å²) in [5.41, 5.74) is 2.07. The van der Waals surface area contributed by atoms with Crippen LogP contribution in [-0.4, -0.2) is 42.0 Å². The number of hydrogen-bond acceptors (Lipinski definition) is 4. The molecule has 21 heavy (non-hydrogen) atoms. The molecule has 114 valence electrons. The first-order valence-electron chi connectivity index (χ1n) is 7.51. The van der Waals surface area contributed by atoms with Crippen molar-refractivity contribution in [2.45, 2.75) is 30.6 Å².